The van der Waals surface area contributed by atoms with Crippen molar-refractivity contribution in [2.24, 2.45) is 48.7 Å². The normalized spacial score (nSPS) is 16.7. The van der Waals surface area contributed by atoms with Crippen LogP contribution in [0.2, 0.25) is 0 Å². The van der Waals surface area contributed by atoms with Crippen LogP contribution in [0.15, 0.2) is 97.1 Å². The van der Waals surface area contributed by atoms with Gasteiger partial charge in [-0.25, -0.2) is 0 Å². The minimum absolute atomic E-state index is 0.0349. The lowest BCUT2D eigenvalue weighted by atomic mass is 9.49. The first-order valence-electron chi connectivity index (χ1n) is 29.8. The van der Waals surface area contributed by atoms with Crippen molar-refractivity contribution in [1.29, 1.82) is 0 Å². The first-order chi connectivity index (χ1) is 33.3. The SMILES string of the molecule is CC(C)(C)C(C)(C)c1ccc(C(C)(C)C(C)(C)C)cc1.CC(C)(C)C(C)(C)c1cccc(C(C)(C)C(C)(C)C)c1.CC(C)(C)C1(C(C)(C)C)CCCCC1.CC(C)(C)C1(C(C)(C)C)c2ccccc2-c2ccccc21. The smallest absolute Gasteiger partial charge is 0.0311 e. The Bertz CT molecular complexity index is 2280. The van der Waals surface area contributed by atoms with Crippen molar-refractivity contribution in [3.05, 3.63) is 130 Å². The molecule has 0 amide bonds. The maximum absolute atomic E-state index is 2.43. The van der Waals surface area contributed by atoms with Gasteiger partial charge >= 0.3 is 0 Å². The lowest BCUT2D eigenvalue weighted by Gasteiger charge is -2.56. The molecule has 2 aliphatic carbocycles. The second kappa shape index (κ2) is 21.8. The summed E-state index contributed by atoms with van der Waals surface area (Å²) in [6.07, 6.45) is 7.19. The first kappa shape index (κ1) is 66.2. The van der Waals surface area contributed by atoms with E-state index in [-0.39, 0.29) is 59.6 Å². The Morgan fingerprint density at radius 1 is 0.267 bits per heavy atom. The number of hydrogen-bond donors (Lipinski definition) is 0. The highest BCUT2D eigenvalue weighted by Gasteiger charge is 2.57. The lowest BCUT2D eigenvalue weighted by molar-refractivity contribution is -0.0638. The van der Waals surface area contributed by atoms with E-state index in [1.165, 1.54) is 76.6 Å². The van der Waals surface area contributed by atoms with E-state index in [0.717, 1.165) is 0 Å². The predicted octanol–water partition coefficient (Wildman–Crippen LogP) is 23.7. The Kier molecular flexibility index (Phi) is 19.3. The molecule has 0 spiro atoms. The van der Waals surface area contributed by atoms with E-state index in [1.54, 1.807) is 0 Å². The summed E-state index contributed by atoms with van der Waals surface area (Å²) >= 11 is 0. The minimum atomic E-state index is 0.0349. The fourth-order valence-corrected chi connectivity index (χ4v) is 13.1. The van der Waals surface area contributed by atoms with Crippen molar-refractivity contribution in [1.82, 2.24) is 0 Å². The second-order valence-electron chi connectivity index (χ2n) is 34.1. The molecule has 0 unspecified atom stereocenters. The van der Waals surface area contributed by atoms with Crippen LogP contribution in [0.3, 0.4) is 0 Å². The van der Waals surface area contributed by atoms with E-state index in [0.29, 0.717) is 16.2 Å². The van der Waals surface area contributed by atoms with Gasteiger partial charge in [0.15, 0.2) is 0 Å². The Hall–Kier alpha value is -3.12. The average Bonchev–Trinajstić information content (AvgIpc) is 3.57. The van der Waals surface area contributed by atoms with Gasteiger partial charge < -0.3 is 0 Å². The molecule has 2 aliphatic rings. The lowest BCUT2D eigenvalue weighted by Crippen LogP contribution is -2.49. The van der Waals surface area contributed by atoms with Gasteiger partial charge in [0.05, 0.1) is 0 Å². The summed E-state index contributed by atoms with van der Waals surface area (Å²) in [7, 11) is 0. The minimum Gasteiger partial charge on any atom is -0.0619 e. The molecular formula is C75H122. The molecule has 0 aliphatic heterocycles. The van der Waals surface area contributed by atoms with Gasteiger partial charge in [-0.15, -0.1) is 0 Å². The summed E-state index contributed by atoms with van der Waals surface area (Å²) in [6.45, 7) is 75.6. The van der Waals surface area contributed by atoms with E-state index < -0.39 is 0 Å². The van der Waals surface area contributed by atoms with Gasteiger partial charge in [-0.1, -0.05) is 338 Å². The topological polar surface area (TPSA) is 0 Å². The van der Waals surface area contributed by atoms with Crippen LogP contribution >= 0.6 is 0 Å². The third kappa shape index (κ3) is 13.0. The molecule has 422 valence electrons. The molecule has 0 atom stereocenters. The van der Waals surface area contributed by atoms with Gasteiger partial charge in [-0.2, -0.15) is 0 Å². The van der Waals surface area contributed by atoms with E-state index >= 15 is 0 Å². The summed E-state index contributed by atoms with van der Waals surface area (Å²) in [5.74, 6) is 0. The summed E-state index contributed by atoms with van der Waals surface area (Å²) in [6, 6.07) is 36.5. The molecule has 0 aromatic heterocycles. The number of rotatable bonds is 4. The molecule has 0 saturated heterocycles. The molecule has 0 bridgehead atoms. The highest BCUT2D eigenvalue weighted by atomic mass is 14.6. The summed E-state index contributed by atoms with van der Waals surface area (Å²) in [4.78, 5) is 0. The van der Waals surface area contributed by atoms with E-state index in [4.69, 9.17) is 0 Å². The van der Waals surface area contributed by atoms with Crippen LogP contribution in [-0.2, 0) is 27.1 Å². The van der Waals surface area contributed by atoms with Crippen LogP contribution < -0.4 is 0 Å². The molecule has 6 rings (SSSR count). The quantitative estimate of drug-likeness (QED) is 0.191. The predicted molar refractivity (Wildman–Crippen MR) is 339 cm³/mol. The van der Waals surface area contributed by atoms with E-state index in [9.17, 15) is 0 Å². The fraction of sp³-hybridized carbons (Fsp3) is 0.680. The molecule has 0 N–H and O–H groups in total. The van der Waals surface area contributed by atoms with Gasteiger partial charge in [0, 0.05) is 5.41 Å². The van der Waals surface area contributed by atoms with Gasteiger partial charge in [0.25, 0.3) is 0 Å². The molecule has 75 heavy (non-hydrogen) atoms. The maximum Gasteiger partial charge on any atom is 0.0311 e. The molecule has 1 saturated carbocycles. The van der Waals surface area contributed by atoms with Crippen molar-refractivity contribution in [2.75, 3.05) is 0 Å². The molecule has 0 nitrogen and oxygen atoms in total. The van der Waals surface area contributed by atoms with Crippen LogP contribution in [0, 0.1) is 48.7 Å². The molecule has 1 fully saturated rings. The standard InChI is InChI=1S/C21H26.2C20H34.C14H28/c1-19(2,3)21(20(4,5)6)17-13-9-7-11-15(17)16-12-8-10-14-18(16)21;1-17(2,3)19(7,8)15-11-13-16(14-12-15)20(9,10)18(4,5)6;1-17(2,3)19(7,8)15-12-11-13-16(14-15)20(9,10)18(4,5)6;1-12(2,3)14(13(4,5)6)10-8-7-9-11-14/h7-14H,1-6H3;2*11-14H,1-10H3;7-11H2,1-6H3. The third-order valence-corrected chi connectivity index (χ3v) is 21.9. The number of fused-ring (bicyclic) bond motifs is 3. The number of hydrogen-bond acceptors (Lipinski definition) is 0. The average molecular weight is 1020 g/mol. The zero-order valence-electron chi connectivity index (χ0n) is 55.8. The van der Waals surface area contributed by atoms with Crippen molar-refractivity contribution in [3.8, 4) is 11.1 Å². The van der Waals surface area contributed by atoms with Crippen LogP contribution in [-0.4, -0.2) is 0 Å². The summed E-state index contributed by atoms with van der Waals surface area (Å²) in [5, 5.41) is 0. The second-order valence-corrected chi connectivity index (χ2v) is 34.1. The molecule has 0 heteroatoms. The first-order valence-corrected chi connectivity index (χ1v) is 29.8. The van der Waals surface area contributed by atoms with Gasteiger partial charge in [-0.05, 0) is 128 Å². The Balaban J connectivity index is 0.000000266. The van der Waals surface area contributed by atoms with Gasteiger partial charge in [0.1, 0.15) is 0 Å². The molecular weight excluding hydrogens is 901 g/mol. The fourth-order valence-electron chi connectivity index (χ4n) is 13.1. The number of benzene rings is 4. The Labute approximate surface area is 468 Å². The van der Waals surface area contributed by atoms with E-state index in [2.05, 4.69) is 319 Å². The zero-order chi connectivity index (χ0) is 58.5. The van der Waals surface area contributed by atoms with Gasteiger partial charge in [-0.3, -0.25) is 0 Å². The van der Waals surface area contributed by atoms with Crippen molar-refractivity contribution in [2.45, 2.75) is 281 Å². The molecule has 0 heterocycles. The summed E-state index contributed by atoms with van der Waals surface area (Å²) < 4.78 is 0. The van der Waals surface area contributed by atoms with Gasteiger partial charge in [0.2, 0.25) is 0 Å². The highest BCUT2D eigenvalue weighted by molar-refractivity contribution is 5.82. The molecule has 4 aromatic rings. The largest absolute Gasteiger partial charge is 0.0619 e. The van der Waals surface area contributed by atoms with E-state index in [1.807, 2.05) is 0 Å². The van der Waals surface area contributed by atoms with Crippen LogP contribution in [0.4, 0.5) is 0 Å². The van der Waals surface area contributed by atoms with Crippen molar-refractivity contribution >= 4 is 0 Å². The van der Waals surface area contributed by atoms with Crippen molar-refractivity contribution in [3.63, 3.8) is 0 Å². The maximum atomic E-state index is 2.43. The summed E-state index contributed by atoms with van der Waals surface area (Å²) in [5.41, 5.74) is 15.0. The monoisotopic (exact) mass is 1020 g/mol. The van der Waals surface area contributed by atoms with Crippen LogP contribution in [0.5, 0.6) is 0 Å². The highest BCUT2D eigenvalue weighted by Crippen LogP contribution is 2.65. The zero-order valence-corrected chi connectivity index (χ0v) is 55.8. The third-order valence-electron chi connectivity index (χ3n) is 21.9. The molecule has 4 aromatic carbocycles. The van der Waals surface area contributed by atoms with Crippen LogP contribution in [0.25, 0.3) is 11.1 Å². The van der Waals surface area contributed by atoms with Crippen molar-refractivity contribution < 1.29 is 0 Å². The Morgan fingerprint density at radius 2 is 0.533 bits per heavy atom. The Morgan fingerprint density at radius 3 is 0.773 bits per heavy atom. The molecule has 0 radical (unpaired) electrons. The van der Waals surface area contributed by atoms with Crippen LogP contribution in [0.1, 0.15) is 287 Å².